The van der Waals surface area contributed by atoms with E-state index in [9.17, 15) is 13.6 Å². The molecule has 0 aliphatic carbocycles. The molecule has 1 amide bonds. The van der Waals surface area contributed by atoms with Crippen LogP contribution in [0, 0.1) is 17.6 Å². The first-order valence-corrected chi connectivity index (χ1v) is 7.25. The summed E-state index contributed by atoms with van der Waals surface area (Å²) in [4.78, 5) is 15.7. The highest BCUT2D eigenvalue weighted by Crippen LogP contribution is 2.24. The number of rotatable bonds is 5. The maximum absolute atomic E-state index is 13.6. The summed E-state index contributed by atoms with van der Waals surface area (Å²) in [5, 5.41) is 6.27. The molecule has 2 aromatic rings. The molecule has 1 aromatic carbocycles. The fourth-order valence-electron chi connectivity index (χ4n) is 2.39. The van der Waals surface area contributed by atoms with Gasteiger partial charge in [-0.05, 0) is 24.5 Å². The van der Waals surface area contributed by atoms with Gasteiger partial charge in [0.1, 0.15) is 17.2 Å². The van der Waals surface area contributed by atoms with Gasteiger partial charge in [-0.25, -0.2) is 8.78 Å². The van der Waals surface area contributed by atoms with Crippen LogP contribution in [0.2, 0.25) is 0 Å². The molecule has 1 N–H and O–H groups in total. The smallest absolute Gasteiger partial charge is 0.263 e. The molecule has 122 valence electrons. The molecule has 3 rings (SSSR count). The van der Waals surface area contributed by atoms with Crippen molar-refractivity contribution >= 4 is 5.91 Å². The van der Waals surface area contributed by atoms with E-state index < -0.39 is 11.6 Å². The summed E-state index contributed by atoms with van der Waals surface area (Å²) in [5.41, 5.74) is -0.374. The Balaban J connectivity index is 1.60. The summed E-state index contributed by atoms with van der Waals surface area (Å²) in [5.74, 6) is -1.60. The number of nitrogens with one attached hydrogen (secondary N) is 1. The van der Waals surface area contributed by atoms with E-state index in [4.69, 9.17) is 9.26 Å². The molecule has 1 aliphatic heterocycles. The van der Waals surface area contributed by atoms with Crippen molar-refractivity contribution in [1.29, 1.82) is 0 Å². The van der Waals surface area contributed by atoms with E-state index in [0.29, 0.717) is 19.6 Å². The third-order valence-corrected chi connectivity index (χ3v) is 3.59. The van der Waals surface area contributed by atoms with Gasteiger partial charge < -0.3 is 14.6 Å². The van der Waals surface area contributed by atoms with E-state index in [1.165, 1.54) is 6.07 Å². The fraction of sp³-hybridized carbons (Fsp3) is 0.400. The highest BCUT2D eigenvalue weighted by molar-refractivity contribution is 5.76. The highest BCUT2D eigenvalue weighted by atomic mass is 19.1. The lowest BCUT2D eigenvalue weighted by atomic mass is 10.1. The summed E-state index contributed by atoms with van der Waals surface area (Å²) < 4.78 is 37.3. The Labute approximate surface area is 130 Å². The molecular formula is C15H15F2N3O3. The van der Waals surface area contributed by atoms with Gasteiger partial charge in [0.15, 0.2) is 5.82 Å². The van der Waals surface area contributed by atoms with E-state index in [1.54, 1.807) is 0 Å². The molecule has 0 radical (unpaired) electrons. The van der Waals surface area contributed by atoms with Crippen LogP contribution in [0.15, 0.2) is 22.7 Å². The molecule has 1 fully saturated rings. The molecule has 1 aliphatic rings. The lowest BCUT2D eigenvalue weighted by Gasteiger charge is -2.06. The molecule has 6 nitrogen and oxygen atoms in total. The highest BCUT2D eigenvalue weighted by Gasteiger charge is 2.20. The summed E-state index contributed by atoms with van der Waals surface area (Å²) in [7, 11) is 0. The van der Waals surface area contributed by atoms with Crippen molar-refractivity contribution in [3.8, 4) is 11.5 Å². The van der Waals surface area contributed by atoms with Crippen molar-refractivity contribution in [3.63, 3.8) is 0 Å². The second kappa shape index (κ2) is 6.82. The summed E-state index contributed by atoms with van der Waals surface area (Å²) in [6, 6.07) is 3.46. The lowest BCUT2D eigenvalue weighted by Crippen LogP contribution is -2.25. The van der Waals surface area contributed by atoms with Gasteiger partial charge in [-0.2, -0.15) is 4.98 Å². The van der Waals surface area contributed by atoms with Gasteiger partial charge in [0.05, 0.1) is 6.54 Å². The monoisotopic (exact) mass is 323 g/mol. The zero-order chi connectivity index (χ0) is 16.2. The van der Waals surface area contributed by atoms with E-state index in [-0.39, 0.29) is 35.6 Å². The van der Waals surface area contributed by atoms with E-state index in [1.807, 2.05) is 0 Å². The molecule has 23 heavy (non-hydrogen) atoms. The number of benzene rings is 1. The molecule has 1 atom stereocenters. The van der Waals surface area contributed by atoms with E-state index >= 15 is 0 Å². The number of carbonyl (C=O) groups is 1. The van der Waals surface area contributed by atoms with Crippen LogP contribution in [0.3, 0.4) is 0 Å². The average Bonchev–Trinajstić information content (AvgIpc) is 3.17. The Morgan fingerprint density at radius 2 is 2.13 bits per heavy atom. The molecule has 8 heteroatoms. The first kappa shape index (κ1) is 15.5. The van der Waals surface area contributed by atoms with Crippen LogP contribution in [-0.2, 0) is 16.1 Å². The molecule has 0 spiro atoms. The minimum atomic E-state index is -0.787. The summed E-state index contributed by atoms with van der Waals surface area (Å²) in [6.45, 7) is 1.30. The molecule has 0 unspecified atom stereocenters. The van der Waals surface area contributed by atoms with Gasteiger partial charge in [0, 0.05) is 19.6 Å². The minimum absolute atomic E-state index is 0.0337. The Morgan fingerprint density at radius 3 is 2.83 bits per heavy atom. The number of aromatic nitrogens is 2. The minimum Gasteiger partial charge on any atom is -0.381 e. The second-order valence-electron chi connectivity index (χ2n) is 5.32. The molecule has 2 heterocycles. The van der Waals surface area contributed by atoms with Crippen LogP contribution >= 0.6 is 0 Å². The van der Waals surface area contributed by atoms with E-state index in [2.05, 4.69) is 15.5 Å². The zero-order valence-corrected chi connectivity index (χ0v) is 12.2. The predicted octanol–water partition coefficient (Wildman–Crippen LogP) is 2.06. The predicted molar refractivity (Wildman–Crippen MR) is 75.0 cm³/mol. The topological polar surface area (TPSA) is 77.2 Å². The number of hydrogen-bond acceptors (Lipinski definition) is 5. The third kappa shape index (κ3) is 3.70. The van der Waals surface area contributed by atoms with Crippen molar-refractivity contribution in [2.24, 2.45) is 5.92 Å². The number of amides is 1. The molecule has 0 saturated carbocycles. The van der Waals surface area contributed by atoms with Gasteiger partial charge in [0.2, 0.25) is 5.91 Å². The van der Waals surface area contributed by atoms with Crippen molar-refractivity contribution in [3.05, 3.63) is 35.7 Å². The Bertz CT molecular complexity index is 679. The third-order valence-electron chi connectivity index (χ3n) is 3.59. The second-order valence-corrected chi connectivity index (χ2v) is 5.32. The molecule has 1 saturated heterocycles. The molecule has 1 aromatic heterocycles. The Morgan fingerprint density at radius 1 is 1.35 bits per heavy atom. The average molecular weight is 323 g/mol. The Hall–Kier alpha value is -2.35. The van der Waals surface area contributed by atoms with Crippen LogP contribution in [-0.4, -0.2) is 29.3 Å². The Kier molecular flexibility index (Phi) is 4.61. The normalized spacial score (nSPS) is 17.4. The largest absolute Gasteiger partial charge is 0.381 e. The number of hydrogen-bond donors (Lipinski definition) is 1. The van der Waals surface area contributed by atoms with Crippen LogP contribution in [0.1, 0.15) is 18.7 Å². The van der Waals surface area contributed by atoms with Gasteiger partial charge in [-0.15, -0.1) is 0 Å². The molecular weight excluding hydrogens is 308 g/mol. The zero-order valence-electron chi connectivity index (χ0n) is 12.2. The van der Waals surface area contributed by atoms with Crippen molar-refractivity contribution in [2.45, 2.75) is 19.4 Å². The van der Waals surface area contributed by atoms with Gasteiger partial charge in [-0.3, -0.25) is 4.79 Å². The first-order chi connectivity index (χ1) is 11.1. The number of halogens is 2. The summed E-state index contributed by atoms with van der Waals surface area (Å²) >= 11 is 0. The SMILES string of the molecule is O=C(C[C@H]1CCOC1)NCc1noc(-c2c(F)cccc2F)n1. The number of ether oxygens (including phenoxy) is 1. The lowest BCUT2D eigenvalue weighted by molar-refractivity contribution is -0.122. The summed E-state index contributed by atoms with van der Waals surface area (Å²) in [6.07, 6.45) is 1.24. The van der Waals surface area contributed by atoms with Crippen molar-refractivity contribution in [1.82, 2.24) is 15.5 Å². The van der Waals surface area contributed by atoms with Crippen molar-refractivity contribution in [2.75, 3.05) is 13.2 Å². The van der Waals surface area contributed by atoms with Crippen molar-refractivity contribution < 1.29 is 22.8 Å². The molecule has 0 bridgehead atoms. The van der Waals surface area contributed by atoms with Crippen LogP contribution < -0.4 is 5.32 Å². The quantitative estimate of drug-likeness (QED) is 0.911. The number of nitrogens with zero attached hydrogens (tertiary/aromatic N) is 2. The maximum Gasteiger partial charge on any atom is 0.263 e. The first-order valence-electron chi connectivity index (χ1n) is 7.25. The van der Waals surface area contributed by atoms with Crippen LogP contribution in [0.4, 0.5) is 8.78 Å². The van der Waals surface area contributed by atoms with Crippen LogP contribution in [0.5, 0.6) is 0 Å². The van der Waals surface area contributed by atoms with E-state index in [0.717, 1.165) is 18.6 Å². The fourth-order valence-corrected chi connectivity index (χ4v) is 2.39. The van der Waals surface area contributed by atoms with Gasteiger partial charge in [0.25, 0.3) is 5.89 Å². The maximum atomic E-state index is 13.6. The van der Waals surface area contributed by atoms with Crippen LogP contribution in [0.25, 0.3) is 11.5 Å². The number of carbonyl (C=O) groups excluding carboxylic acids is 1. The van der Waals surface area contributed by atoms with Gasteiger partial charge >= 0.3 is 0 Å². The standard InChI is InChI=1S/C15H15F2N3O3/c16-10-2-1-3-11(17)14(10)15-19-12(20-23-15)7-18-13(21)6-9-4-5-22-8-9/h1-3,9H,4-8H2,(H,18,21)/t9-/m1/s1. The van der Waals surface area contributed by atoms with Gasteiger partial charge in [-0.1, -0.05) is 11.2 Å².